The number of nitrogens with zero attached hydrogens (tertiary/aromatic N) is 1. The zero-order valence-electron chi connectivity index (χ0n) is 8.81. The Morgan fingerprint density at radius 1 is 1.40 bits per heavy atom. The fourth-order valence-electron chi connectivity index (χ4n) is 1.04. The highest BCUT2D eigenvalue weighted by atomic mass is 19.4. The van der Waals surface area contributed by atoms with E-state index in [-0.39, 0.29) is 11.3 Å². The van der Waals surface area contributed by atoms with Gasteiger partial charge in [0.15, 0.2) is 0 Å². The third-order valence-electron chi connectivity index (χ3n) is 1.67. The summed E-state index contributed by atoms with van der Waals surface area (Å²) in [4.78, 5) is 0. The van der Waals surface area contributed by atoms with Crippen molar-refractivity contribution in [3.8, 4) is 6.07 Å². The summed E-state index contributed by atoms with van der Waals surface area (Å²) in [5.41, 5.74) is 3.97. The van der Waals surface area contributed by atoms with Gasteiger partial charge in [0.2, 0.25) is 0 Å². The van der Waals surface area contributed by atoms with Crippen molar-refractivity contribution in [2.24, 2.45) is 11.7 Å². The minimum absolute atomic E-state index is 0.0238. The van der Waals surface area contributed by atoms with Crippen LogP contribution in [0, 0.1) is 17.2 Å². The number of halogens is 3. The van der Waals surface area contributed by atoms with E-state index < -0.39 is 17.7 Å². The van der Waals surface area contributed by atoms with Crippen molar-refractivity contribution in [3.63, 3.8) is 0 Å². The Morgan fingerprint density at radius 3 is 2.07 bits per heavy atom. The van der Waals surface area contributed by atoms with Crippen molar-refractivity contribution in [3.05, 3.63) is 22.9 Å². The minimum atomic E-state index is -4.55. The molecule has 15 heavy (non-hydrogen) atoms. The standard InChI is InChI=1S/C10H13F3N2/c1-6(2)8(5-14)9(4-7(3)15)10(11,12)13/h4,6H,15H2,1-3H3/b7-4+,9-8+. The molecule has 0 saturated heterocycles. The lowest BCUT2D eigenvalue weighted by molar-refractivity contribution is -0.0891. The van der Waals surface area contributed by atoms with Gasteiger partial charge >= 0.3 is 6.18 Å². The third kappa shape index (κ3) is 4.07. The van der Waals surface area contributed by atoms with Crippen molar-refractivity contribution >= 4 is 0 Å². The molecule has 0 aromatic rings. The molecule has 0 aromatic carbocycles. The normalized spacial score (nSPS) is 14.9. The number of allylic oxidation sites excluding steroid dienone is 4. The summed E-state index contributed by atoms with van der Waals surface area (Å²) >= 11 is 0. The van der Waals surface area contributed by atoms with Crippen LogP contribution in [0.1, 0.15) is 20.8 Å². The topological polar surface area (TPSA) is 49.8 Å². The van der Waals surface area contributed by atoms with E-state index in [9.17, 15) is 13.2 Å². The number of hydrogen-bond acceptors (Lipinski definition) is 2. The maximum atomic E-state index is 12.6. The SMILES string of the molecule is C/C(N)=C\C(=C(\C#N)C(C)C)C(F)(F)F. The molecular formula is C10H13F3N2. The van der Waals surface area contributed by atoms with E-state index in [1.807, 2.05) is 0 Å². The van der Waals surface area contributed by atoms with Crippen LogP contribution in [-0.4, -0.2) is 6.18 Å². The highest BCUT2D eigenvalue weighted by Crippen LogP contribution is 2.32. The highest BCUT2D eigenvalue weighted by molar-refractivity contribution is 5.40. The lowest BCUT2D eigenvalue weighted by Gasteiger charge is -2.13. The molecule has 2 nitrogen and oxygen atoms in total. The zero-order valence-corrected chi connectivity index (χ0v) is 8.81. The molecule has 0 radical (unpaired) electrons. The first-order valence-electron chi connectivity index (χ1n) is 4.35. The first-order chi connectivity index (χ1) is 6.70. The Labute approximate surface area is 86.9 Å². The van der Waals surface area contributed by atoms with Gasteiger partial charge in [0.1, 0.15) is 0 Å². The number of rotatable bonds is 2. The lowest BCUT2D eigenvalue weighted by Crippen LogP contribution is -2.15. The second-order valence-corrected chi connectivity index (χ2v) is 3.48. The van der Waals surface area contributed by atoms with E-state index in [1.165, 1.54) is 20.8 Å². The van der Waals surface area contributed by atoms with E-state index >= 15 is 0 Å². The first kappa shape index (κ1) is 13.6. The minimum Gasteiger partial charge on any atom is -0.402 e. The van der Waals surface area contributed by atoms with Crippen LogP contribution in [0.2, 0.25) is 0 Å². The van der Waals surface area contributed by atoms with Gasteiger partial charge in [-0.15, -0.1) is 0 Å². The van der Waals surface area contributed by atoms with Gasteiger partial charge in [-0.1, -0.05) is 13.8 Å². The Morgan fingerprint density at radius 2 is 1.87 bits per heavy atom. The van der Waals surface area contributed by atoms with Crippen molar-refractivity contribution in [1.82, 2.24) is 0 Å². The van der Waals surface area contributed by atoms with Gasteiger partial charge in [0, 0.05) is 11.3 Å². The Hall–Kier alpha value is -1.44. The zero-order chi connectivity index (χ0) is 12.2. The van der Waals surface area contributed by atoms with Crippen LogP contribution in [0.4, 0.5) is 13.2 Å². The van der Waals surface area contributed by atoms with Crippen molar-refractivity contribution in [1.29, 1.82) is 5.26 Å². The summed E-state index contributed by atoms with van der Waals surface area (Å²) in [7, 11) is 0. The van der Waals surface area contributed by atoms with Gasteiger partial charge in [-0.25, -0.2) is 0 Å². The predicted molar refractivity (Wildman–Crippen MR) is 51.5 cm³/mol. The fraction of sp³-hybridized carbons (Fsp3) is 0.500. The predicted octanol–water partition coefficient (Wildman–Crippen LogP) is 2.89. The highest BCUT2D eigenvalue weighted by Gasteiger charge is 2.35. The van der Waals surface area contributed by atoms with Gasteiger partial charge in [-0.2, -0.15) is 18.4 Å². The Balaban J connectivity index is 5.67. The summed E-state index contributed by atoms with van der Waals surface area (Å²) in [6.45, 7) is 4.41. The average molecular weight is 218 g/mol. The molecule has 0 rings (SSSR count). The van der Waals surface area contributed by atoms with Gasteiger partial charge in [-0.3, -0.25) is 0 Å². The summed E-state index contributed by atoms with van der Waals surface area (Å²) in [6, 6.07) is 1.57. The van der Waals surface area contributed by atoms with E-state index in [0.29, 0.717) is 0 Å². The fourth-order valence-corrected chi connectivity index (χ4v) is 1.04. The molecule has 5 heteroatoms. The number of nitrogens with two attached hydrogens (primary N) is 1. The molecule has 0 unspecified atom stereocenters. The summed E-state index contributed by atoms with van der Waals surface area (Å²) < 4.78 is 37.7. The molecule has 84 valence electrons. The Kier molecular flexibility index (Phi) is 4.40. The second-order valence-electron chi connectivity index (χ2n) is 3.48. The molecule has 0 aliphatic carbocycles. The monoisotopic (exact) mass is 218 g/mol. The molecule has 0 heterocycles. The summed E-state index contributed by atoms with van der Waals surface area (Å²) in [5, 5.41) is 8.67. The molecular weight excluding hydrogens is 205 g/mol. The molecule has 0 saturated carbocycles. The van der Waals surface area contributed by atoms with E-state index in [2.05, 4.69) is 0 Å². The van der Waals surface area contributed by atoms with Crippen LogP contribution < -0.4 is 5.73 Å². The third-order valence-corrected chi connectivity index (χ3v) is 1.67. The van der Waals surface area contributed by atoms with Gasteiger partial charge in [0.25, 0.3) is 0 Å². The molecule has 0 amide bonds. The van der Waals surface area contributed by atoms with Crippen molar-refractivity contribution in [2.45, 2.75) is 26.9 Å². The molecule has 0 aliphatic rings. The molecule has 0 fully saturated rings. The van der Waals surface area contributed by atoms with Gasteiger partial charge in [0.05, 0.1) is 11.6 Å². The van der Waals surface area contributed by atoms with Crippen molar-refractivity contribution < 1.29 is 13.2 Å². The summed E-state index contributed by atoms with van der Waals surface area (Å²) in [5.74, 6) is -0.484. The van der Waals surface area contributed by atoms with Crippen molar-refractivity contribution in [2.75, 3.05) is 0 Å². The quantitative estimate of drug-likeness (QED) is 0.572. The molecule has 2 N–H and O–H groups in total. The maximum absolute atomic E-state index is 12.6. The van der Waals surface area contributed by atoms with Gasteiger partial charge < -0.3 is 5.73 Å². The van der Waals surface area contributed by atoms with Crippen LogP contribution in [0.3, 0.4) is 0 Å². The molecule has 0 aliphatic heterocycles. The maximum Gasteiger partial charge on any atom is 0.417 e. The van der Waals surface area contributed by atoms with E-state index in [0.717, 1.165) is 6.08 Å². The van der Waals surface area contributed by atoms with Crippen LogP contribution >= 0.6 is 0 Å². The molecule has 0 aromatic heterocycles. The molecule has 0 spiro atoms. The van der Waals surface area contributed by atoms with Crippen LogP contribution in [-0.2, 0) is 0 Å². The Bertz CT molecular complexity index is 326. The molecule has 0 atom stereocenters. The van der Waals surface area contributed by atoms with Crippen LogP contribution in [0.15, 0.2) is 22.9 Å². The van der Waals surface area contributed by atoms with Crippen LogP contribution in [0.25, 0.3) is 0 Å². The molecule has 0 bridgehead atoms. The van der Waals surface area contributed by atoms with Gasteiger partial charge in [-0.05, 0) is 18.9 Å². The largest absolute Gasteiger partial charge is 0.417 e. The average Bonchev–Trinajstić information content (AvgIpc) is 2.00. The number of hydrogen-bond donors (Lipinski definition) is 1. The first-order valence-corrected chi connectivity index (χ1v) is 4.35. The second kappa shape index (κ2) is 4.87. The van der Waals surface area contributed by atoms with Crippen LogP contribution in [0.5, 0.6) is 0 Å². The van der Waals surface area contributed by atoms with E-state index in [4.69, 9.17) is 11.0 Å². The smallest absolute Gasteiger partial charge is 0.402 e. The van der Waals surface area contributed by atoms with E-state index in [1.54, 1.807) is 6.07 Å². The number of alkyl halides is 3. The number of nitriles is 1. The lowest BCUT2D eigenvalue weighted by atomic mass is 9.97. The summed E-state index contributed by atoms with van der Waals surface area (Å²) in [6.07, 6.45) is -3.76.